The van der Waals surface area contributed by atoms with Gasteiger partial charge in [0.2, 0.25) is 11.8 Å². The lowest BCUT2D eigenvalue weighted by molar-refractivity contribution is -0.139. The van der Waals surface area contributed by atoms with Crippen molar-refractivity contribution in [3.8, 4) is 0 Å². The maximum Gasteiger partial charge on any atom is 0.240 e. The molecule has 0 saturated carbocycles. The first-order valence-electron chi connectivity index (χ1n) is 10.6. The summed E-state index contributed by atoms with van der Waals surface area (Å²) in [6.45, 7) is 2.81. The van der Waals surface area contributed by atoms with Crippen molar-refractivity contribution in [1.29, 1.82) is 0 Å². The van der Waals surface area contributed by atoms with E-state index in [-0.39, 0.29) is 30.2 Å². The van der Waals surface area contributed by atoms with Gasteiger partial charge in [-0.3, -0.25) is 14.5 Å². The summed E-state index contributed by atoms with van der Waals surface area (Å²) in [6.07, 6.45) is 2.74. The van der Waals surface area contributed by atoms with Gasteiger partial charge in [0, 0.05) is 33.2 Å². The second-order valence-corrected chi connectivity index (χ2v) is 8.30. The van der Waals surface area contributed by atoms with Gasteiger partial charge in [-0.2, -0.15) is 0 Å². The third kappa shape index (κ3) is 4.54. The van der Waals surface area contributed by atoms with Crippen LogP contribution >= 0.6 is 0 Å². The number of hydrogen-bond acceptors (Lipinski definition) is 3. The van der Waals surface area contributed by atoms with Gasteiger partial charge in [0.05, 0.1) is 12.6 Å². The Balaban J connectivity index is 1.48. The van der Waals surface area contributed by atoms with E-state index in [0.29, 0.717) is 19.5 Å². The molecule has 2 aliphatic rings. The molecule has 2 aliphatic heterocycles. The maximum atomic E-state index is 13.2. The maximum absolute atomic E-state index is 13.2. The second kappa shape index (κ2) is 8.96. The van der Waals surface area contributed by atoms with Crippen LogP contribution in [0.25, 0.3) is 0 Å². The molecular weight excluding hydrogens is 381 g/mol. The summed E-state index contributed by atoms with van der Waals surface area (Å²) in [7, 11) is 1.75. The first-order chi connectivity index (χ1) is 14.5. The van der Waals surface area contributed by atoms with E-state index in [1.165, 1.54) is 23.3 Å². The van der Waals surface area contributed by atoms with Gasteiger partial charge in [0.15, 0.2) is 0 Å². The van der Waals surface area contributed by atoms with Crippen LogP contribution in [-0.4, -0.2) is 59.2 Å². The zero-order chi connectivity index (χ0) is 21.1. The predicted molar refractivity (Wildman–Crippen MR) is 113 cm³/mol. The molecule has 1 saturated heterocycles. The Bertz CT molecular complexity index is 909. The van der Waals surface area contributed by atoms with Crippen LogP contribution in [-0.2, 0) is 29.1 Å². The fourth-order valence-corrected chi connectivity index (χ4v) is 4.38. The van der Waals surface area contributed by atoms with Crippen molar-refractivity contribution in [2.75, 3.05) is 26.7 Å². The van der Waals surface area contributed by atoms with Crippen LogP contribution in [0.1, 0.15) is 29.5 Å². The number of likely N-dealkylation sites (N-methyl/N-ethyl adjacent to an activating group) is 1. The molecule has 0 aromatic heterocycles. The van der Waals surface area contributed by atoms with Crippen LogP contribution in [0.2, 0.25) is 0 Å². The third-order valence-corrected chi connectivity index (χ3v) is 6.15. The molecule has 5 nitrogen and oxygen atoms in total. The van der Waals surface area contributed by atoms with Crippen molar-refractivity contribution >= 4 is 11.8 Å². The van der Waals surface area contributed by atoms with Gasteiger partial charge in [-0.25, -0.2) is 4.39 Å². The Morgan fingerprint density at radius 2 is 1.70 bits per heavy atom. The van der Waals surface area contributed by atoms with Crippen molar-refractivity contribution < 1.29 is 14.0 Å². The molecule has 0 spiro atoms. The predicted octanol–water partition coefficient (Wildman–Crippen LogP) is 2.83. The van der Waals surface area contributed by atoms with E-state index in [9.17, 15) is 14.0 Å². The number of hydrogen-bond donors (Lipinski definition) is 0. The highest BCUT2D eigenvalue weighted by atomic mass is 19.1. The summed E-state index contributed by atoms with van der Waals surface area (Å²) in [4.78, 5) is 31.8. The lowest BCUT2D eigenvalue weighted by Gasteiger charge is -2.38. The first kappa shape index (κ1) is 20.5. The third-order valence-electron chi connectivity index (χ3n) is 6.15. The summed E-state index contributed by atoms with van der Waals surface area (Å²) >= 11 is 0. The fraction of sp³-hybridized carbons (Fsp3) is 0.417. The molecule has 0 unspecified atom stereocenters. The number of rotatable bonds is 5. The van der Waals surface area contributed by atoms with Crippen LogP contribution in [0.5, 0.6) is 0 Å². The fourth-order valence-electron chi connectivity index (χ4n) is 4.38. The molecule has 2 aromatic carbocycles. The number of halogens is 1. The lowest BCUT2D eigenvalue weighted by atomic mass is 9.93. The van der Waals surface area contributed by atoms with Gasteiger partial charge < -0.3 is 9.80 Å². The zero-order valence-corrected chi connectivity index (χ0v) is 17.4. The molecule has 1 fully saturated rings. The van der Waals surface area contributed by atoms with Crippen molar-refractivity contribution in [3.63, 3.8) is 0 Å². The van der Waals surface area contributed by atoms with Crippen LogP contribution in [0, 0.1) is 5.82 Å². The molecular formula is C24H28FN3O2. The number of carbonyl (C=O) groups is 2. The minimum absolute atomic E-state index is 0.0436. The van der Waals surface area contributed by atoms with Gasteiger partial charge in [0.25, 0.3) is 0 Å². The topological polar surface area (TPSA) is 43.9 Å². The number of nitrogens with zero attached hydrogens (tertiary/aromatic N) is 3. The Morgan fingerprint density at radius 1 is 1.03 bits per heavy atom. The van der Waals surface area contributed by atoms with Gasteiger partial charge in [0.1, 0.15) is 5.82 Å². The Morgan fingerprint density at radius 3 is 2.40 bits per heavy atom. The van der Waals surface area contributed by atoms with Gasteiger partial charge in [-0.05, 0) is 48.1 Å². The molecule has 2 amide bonds. The van der Waals surface area contributed by atoms with Crippen LogP contribution < -0.4 is 0 Å². The molecule has 4 rings (SSSR count). The van der Waals surface area contributed by atoms with E-state index in [1.807, 2.05) is 21.9 Å². The Labute approximate surface area is 177 Å². The van der Waals surface area contributed by atoms with Crippen LogP contribution in [0.4, 0.5) is 4.39 Å². The van der Waals surface area contributed by atoms with Crippen LogP contribution in [0.3, 0.4) is 0 Å². The molecule has 1 atom stereocenters. The molecule has 2 heterocycles. The monoisotopic (exact) mass is 409 g/mol. The Kier molecular flexibility index (Phi) is 6.13. The van der Waals surface area contributed by atoms with Crippen molar-refractivity contribution in [1.82, 2.24) is 14.7 Å². The number of fused-ring (bicyclic) bond motifs is 1. The molecule has 2 aromatic rings. The first-order valence-corrected chi connectivity index (χ1v) is 10.6. The quantitative estimate of drug-likeness (QED) is 0.763. The highest BCUT2D eigenvalue weighted by Gasteiger charge is 2.36. The lowest BCUT2D eigenvalue weighted by Crippen LogP contribution is -2.53. The SMILES string of the molecule is CN(Cc1ccc(F)cc1)C(=O)CN1Cc2ccccc2C[C@H]1C(=O)N1CCCC1. The van der Waals surface area contributed by atoms with Crippen molar-refractivity contribution in [3.05, 3.63) is 71.0 Å². The number of amides is 2. The van der Waals surface area contributed by atoms with E-state index in [0.717, 1.165) is 31.5 Å². The molecule has 0 radical (unpaired) electrons. The average molecular weight is 410 g/mol. The molecule has 30 heavy (non-hydrogen) atoms. The molecule has 0 bridgehead atoms. The molecule has 158 valence electrons. The second-order valence-electron chi connectivity index (χ2n) is 8.30. The van der Waals surface area contributed by atoms with E-state index < -0.39 is 0 Å². The summed E-state index contributed by atoms with van der Waals surface area (Å²) in [5.74, 6) is -0.197. The number of likely N-dealkylation sites (tertiary alicyclic amines) is 1. The van der Waals surface area contributed by atoms with Crippen molar-refractivity contribution in [2.45, 2.75) is 38.4 Å². The van der Waals surface area contributed by atoms with E-state index >= 15 is 0 Å². The van der Waals surface area contributed by atoms with Gasteiger partial charge in [-0.1, -0.05) is 36.4 Å². The minimum Gasteiger partial charge on any atom is -0.341 e. The smallest absolute Gasteiger partial charge is 0.240 e. The Hall–Kier alpha value is -2.73. The highest BCUT2D eigenvalue weighted by molar-refractivity contribution is 5.84. The largest absolute Gasteiger partial charge is 0.341 e. The highest BCUT2D eigenvalue weighted by Crippen LogP contribution is 2.25. The van der Waals surface area contributed by atoms with E-state index in [2.05, 4.69) is 12.1 Å². The number of benzene rings is 2. The summed E-state index contributed by atoms with van der Waals surface area (Å²) in [5, 5.41) is 0. The normalized spacial score (nSPS) is 18.9. The summed E-state index contributed by atoms with van der Waals surface area (Å²) in [5.41, 5.74) is 3.25. The van der Waals surface area contributed by atoms with E-state index in [4.69, 9.17) is 0 Å². The molecule has 0 N–H and O–H groups in total. The average Bonchev–Trinajstić information content (AvgIpc) is 3.29. The van der Waals surface area contributed by atoms with Gasteiger partial charge >= 0.3 is 0 Å². The van der Waals surface area contributed by atoms with Crippen molar-refractivity contribution in [2.24, 2.45) is 0 Å². The van der Waals surface area contributed by atoms with Crippen LogP contribution in [0.15, 0.2) is 48.5 Å². The minimum atomic E-state index is -0.304. The van der Waals surface area contributed by atoms with Gasteiger partial charge in [-0.15, -0.1) is 0 Å². The summed E-state index contributed by atoms with van der Waals surface area (Å²) in [6, 6.07) is 14.0. The zero-order valence-electron chi connectivity index (χ0n) is 17.4. The standard InChI is InChI=1S/C24H28FN3O2/c1-26(15-18-8-10-21(25)11-9-18)23(29)17-28-16-20-7-3-2-6-19(20)14-22(28)24(30)27-12-4-5-13-27/h2-3,6-11,22H,4-5,12-17H2,1H3/t22-/m0/s1. The molecule has 6 heteroatoms. The van der Waals surface area contributed by atoms with E-state index in [1.54, 1.807) is 24.1 Å². The molecule has 0 aliphatic carbocycles. The number of carbonyl (C=O) groups excluding carboxylic acids is 2. The summed E-state index contributed by atoms with van der Waals surface area (Å²) < 4.78 is 13.1.